The van der Waals surface area contributed by atoms with E-state index < -0.39 is 17.7 Å². The van der Waals surface area contributed by atoms with Crippen molar-refractivity contribution in [2.75, 3.05) is 32.7 Å². The third-order valence-electron chi connectivity index (χ3n) is 8.87. The molecule has 2 fully saturated rings. The van der Waals surface area contributed by atoms with Gasteiger partial charge in [0.2, 0.25) is 11.8 Å². The van der Waals surface area contributed by atoms with Crippen LogP contribution in [0.5, 0.6) is 0 Å². The van der Waals surface area contributed by atoms with E-state index in [1.54, 1.807) is 0 Å². The van der Waals surface area contributed by atoms with Gasteiger partial charge in [-0.15, -0.1) is 0 Å². The van der Waals surface area contributed by atoms with Crippen molar-refractivity contribution in [1.82, 2.24) is 20.4 Å². The number of carbonyl (C=O) groups excluding carboxylic acids is 3. The van der Waals surface area contributed by atoms with Crippen LogP contribution >= 0.6 is 0 Å². The highest BCUT2D eigenvalue weighted by Gasteiger charge is 2.52. The third kappa shape index (κ3) is 9.55. The van der Waals surface area contributed by atoms with Gasteiger partial charge in [-0.3, -0.25) is 9.59 Å². The van der Waals surface area contributed by atoms with Crippen LogP contribution in [-0.4, -0.2) is 72.0 Å². The number of ether oxygens (including phenoxy) is 1. The molecule has 4 rings (SSSR count). The highest BCUT2D eigenvalue weighted by atomic mass is 16.5. The van der Waals surface area contributed by atoms with Crippen LogP contribution in [0.2, 0.25) is 0 Å². The number of benzene rings is 2. The molecule has 2 N–H and O–H groups in total. The van der Waals surface area contributed by atoms with Gasteiger partial charge in [0.15, 0.2) is 0 Å². The monoisotopic (exact) mass is 590 g/mol. The Morgan fingerprint density at radius 1 is 0.884 bits per heavy atom. The van der Waals surface area contributed by atoms with Crippen LogP contribution in [0.3, 0.4) is 0 Å². The zero-order valence-corrected chi connectivity index (χ0v) is 25.9. The zero-order chi connectivity index (χ0) is 30.3. The summed E-state index contributed by atoms with van der Waals surface area (Å²) in [4.78, 5) is 43.5. The van der Waals surface area contributed by atoms with Crippen molar-refractivity contribution in [3.63, 3.8) is 0 Å². The number of nitrogens with zero attached hydrogens (tertiary/aromatic N) is 2. The SMILES string of the molecule is CCCN1C(=O)[C@H](CCCCNC(=O)OCc2ccccc2)NC(=O)C12CCN(CCCCCCc1ccccc1)CC2. The van der Waals surface area contributed by atoms with E-state index in [4.69, 9.17) is 4.74 Å². The normalized spacial score (nSPS) is 18.4. The molecule has 2 aliphatic rings. The summed E-state index contributed by atoms with van der Waals surface area (Å²) in [6, 6.07) is 19.7. The fraction of sp³-hybridized carbons (Fsp3) is 0.571. The van der Waals surface area contributed by atoms with Crippen molar-refractivity contribution < 1.29 is 19.1 Å². The number of hydrogen-bond donors (Lipinski definition) is 2. The first kappa shape index (κ1) is 32.5. The minimum atomic E-state index is -0.722. The molecule has 2 heterocycles. The Kier molecular flexibility index (Phi) is 12.9. The highest BCUT2D eigenvalue weighted by Crippen LogP contribution is 2.34. The fourth-order valence-corrected chi connectivity index (χ4v) is 6.36. The van der Waals surface area contributed by atoms with E-state index >= 15 is 0 Å². The number of carbonyl (C=O) groups is 3. The zero-order valence-electron chi connectivity index (χ0n) is 25.9. The molecule has 8 nitrogen and oxygen atoms in total. The lowest BCUT2D eigenvalue weighted by atomic mass is 9.81. The fourth-order valence-electron chi connectivity index (χ4n) is 6.36. The molecule has 8 heteroatoms. The Balaban J connectivity index is 1.14. The molecule has 1 atom stereocenters. The van der Waals surface area contributed by atoms with E-state index in [0.29, 0.717) is 38.8 Å². The van der Waals surface area contributed by atoms with Crippen molar-refractivity contribution in [2.24, 2.45) is 0 Å². The first-order valence-corrected chi connectivity index (χ1v) is 16.3. The van der Waals surface area contributed by atoms with E-state index in [2.05, 4.69) is 52.8 Å². The molecular formula is C35H50N4O4. The summed E-state index contributed by atoms with van der Waals surface area (Å²) in [5.41, 5.74) is 1.63. The molecule has 0 aromatic heterocycles. The third-order valence-corrected chi connectivity index (χ3v) is 8.87. The minimum Gasteiger partial charge on any atom is -0.445 e. The summed E-state index contributed by atoms with van der Waals surface area (Å²) in [5, 5.41) is 5.86. The smallest absolute Gasteiger partial charge is 0.407 e. The Hall–Kier alpha value is -3.39. The van der Waals surface area contributed by atoms with Crippen LogP contribution in [0.4, 0.5) is 4.79 Å². The Morgan fingerprint density at radius 3 is 2.26 bits per heavy atom. The van der Waals surface area contributed by atoms with Gasteiger partial charge in [0, 0.05) is 26.2 Å². The highest BCUT2D eigenvalue weighted by molar-refractivity contribution is 6.00. The number of piperazine rings is 1. The second kappa shape index (κ2) is 17.0. The molecule has 2 aromatic rings. The Morgan fingerprint density at radius 2 is 1.56 bits per heavy atom. The summed E-state index contributed by atoms with van der Waals surface area (Å²) in [6.45, 7) is 6.13. The van der Waals surface area contributed by atoms with Gasteiger partial charge in [0.1, 0.15) is 18.2 Å². The van der Waals surface area contributed by atoms with Gasteiger partial charge >= 0.3 is 6.09 Å². The number of rotatable bonds is 16. The predicted molar refractivity (Wildman–Crippen MR) is 169 cm³/mol. The van der Waals surface area contributed by atoms with E-state index in [1.165, 1.54) is 31.2 Å². The average Bonchev–Trinajstić information content (AvgIpc) is 3.04. The number of alkyl carbamates (subject to hydrolysis) is 1. The molecule has 0 aliphatic carbocycles. The van der Waals surface area contributed by atoms with Crippen LogP contribution in [0.15, 0.2) is 60.7 Å². The minimum absolute atomic E-state index is 0.00808. The second-order valence-corrected chi connectivity index (χ2v) is 12.0. The molecule has 0 saturated carbocycles. The molecule has 0 radical (unpaired) electrons. The molecule has 3 amide bonds. The first-order valence-electron chi connectivity index (χ1n) is 16.3. The summed E-state index contributed by atoms with van der Waals surface area (Å²) >= 11 is 0. The molecule has 43 heavy (non-hydrogen) atoms. The molecule has 2 aliphatic heterocycles. The van der Waals surface area contributed by atoms with Crippen LogP contribution in [0.1, 0.15) is 82.3 Å². The summed E-state index contributed by atoms with van der Waals surface area (Å²) in [5.74, 6) is 0.0530. The largest absolute Gasteiger partial charge is 0.445 e. The van der Waals surface area contributed by atoms with Gasteiger partial charge in [0.05, 0.1) is 0 Å². The van der Waals surface area contributed by atoms with Gasteiger partial charge in [0.25, 0.3) is 0 Å². The van der Waals surface area contributed by atoms with Gasteiger partial charge in [-0.05, 0) is 75.5 Å². The number of amides is 3. The molecule has 0 unspecified atom stereocenters. The van der Waals surface area contributed by atoms with Crippen molar-refractivity contribution in [3.05, 3.63) is 71.8 Å². The lowest BCUT2D eigenvalue weighted by molar-refractivity contribution is -0.161. The van der Waals surface area contributed by atoms with Crippen LogP contribution < -0.4 is 10.6 Å². The van der Waals surface area contributed by atoms with Gasteiger partial charge < -0.3 is 25.2 Å². The summed E-state index contributed by atoms with van der Waals surface area (Å²) in [6.07, 6.45) is 9.77. The lowest BCUT2D eigenvalue weighted by Gasteiger charge is -2.51. The maximum absolute atomic E-state index is 13.6. The van der Waals surface area contributed by atoms with Crippen LogP contribution in [-0.2, 0) is 27.4 Å². The number of unbranched alkanes of at least 4 members (excludes halogenated alkanes) is 4. The van der Waals surface area contributed by atoms with E-state index in [1.807, 2.05) is 35.2 Å². The van der Waals surface area contributed by atoms with Crippen molar-refractivity contribution in [2.45, 2.75) is 95.7 Å². The van der Waals surface area contributed by atoms with Gasteiger partial charge in [-0.1, -0.05) is 80.4 Å². The predicted octanol–water partition coefficient (Wildman–Crippen LogP) is 5.46. The molecule has 1 spiro atoms. The maximum atomic E-state index is 13.6. The molecule has 0 bridgehead atoms. The molecular weight excluding hydrogens is 540 g/mol. The summed E-state index contributed by atoms with van der Waals surface area (Å²) < 4.78 is 5.25. The topological polar surface area (TPSA) is 91.0 Å². The standard InChI is InChI=1S/C35H50N4O4/c1-2-24-39-32(40)31(20-12-13-23-36-34(42)43-28-30-18-10-6-11-19-30)37-33(41)35(39)21-26-38(27-22-35)25-14-4-3-7-15-29-16-8-5-9-17-29/h5-6,8-11,16-19,31H,2-4,7,12-15,20-28H2,1H3,(H,36,42)(H,37,41)/t31-/m0/s1. The Labute approximate surface area is 257 Å². The van der Waals surface area contributed by atoms with Gasteiger partial charge in [-0.2, -0.15) is 0 Å². The first-order chi connectivity index (χ1) is 21.0. The van der Waals surface area contributed by atoms with Crippen molar-refractivity contribution in [3.8, 4) is 0 Å². The average molecular weight is 591 g/mol. The quantitative estimate of drug-likeness (QED) is 0.254. The Bertz CT molecular complexity index is 1140. The van der Waals surface area contributed by atoms with Gasteiger partial charge in [-0.25, -0.2) is 4.79 Å². The summed E-state index contributed by atoms with van der Waals surface area (Å²) in [7, 11) is 0. The second-order valence-electron chi connectivity index (χ2n) is 12.0. The van der Waals surface area contributed by atoms with E-state index in [-0.39, 0.29) is 18.4 Å². The molecule has 2 saturated heterocycles. The number of hydrogen-bond acceptors (Lipinski definition) is 5. The van der Waals surface area contributed by atoms with Crippen molar-refractivity contribution in [1.29, 1.82) is 0 Å². The molecule has 234 valence electrons. The number of likely N-dealkylation sites (tertiary alicyclic amines) is 1. The van der Waals surface area contributed by atoms with E-state index in [9.17, 15) is 14.4 Å². The van der Waals surface area contributed by atoms with Crippen LogP contribution in [0, 0.1) is 0 Å². The number of aryl methyl sites for hydroxylation is 1. The number of piperidine rings is 1. The number of nitrogens with one attached hydrogen (secondary N) is 2. The van der Waals surface area contributed by atoms with Crippen molar-refractivity contribution >= 4 is 17.9 Å². The maximum Gasteiger partial charge on any atom is 0.407 e. The van der Waals surface area contributed by atoms with Crippen LogP contribution in [0.25, 0.3) is 0 Å². The van der Waals surface area contributed by atoms with E-state index in [0.717, 1.165) is 44.5 Å². The molecule has 2 aromatic carbocycles. The lowest BCUT2D eigenvalue weighted by Crippen LogP contribution is -2.72.